The Balaban J connectivity index is 2.02. The van der Waals surface area contributed by atoms with Crippen molar-refractivity contribution in [2.75, 3.05) is 11.9 Å². The third-order valence-corrected chi connectivity index (χ3v) is 3.61. The smallest absolute Gasteiger partial charge is 0.250 e. The number of aromatic nitrogens is 3. The Morgan fingerprint density at radius 2 is 2.09 bits per heavy atom. The number of halogens is 3. The van der Waals surface area contributed by atoms with Crippen LogP contribution in [0.15, 0.2) is 12.3 Å². The summed E-state index contributed by atoms with van der Waals surface area (Å²) in [7, 11) is 0. The lowest BCUT2D eigenvalue weighted by atomic mass is 10.3. The molecule has 2 rings (SSSR count). The van der Waals surface area contributed by atoms with E-state index < -0.39 is 5.82 Å². The highest BCUT2D eigenvalue weighted by Gasteiger charge is 2.13. The van der Waals surface area contributed by atoms with Gasteiger partial charge in [0, 0.05) is 6.20 Å². The molecule has 0 saturated carbocycles. The Kier molecular flexibility index (Phi) is 5.96. The van der Waals surface area contributed by atoms with Gasteiger partial charge in [-0.3, -0.25) is 0 Å². The van der Waals surface area contributed by atoms with E-state index in [2.05, 4.69) is 20.3 Å². The van der Waals surface area contributed by atoms with Gasteiger partial charge >= 0.3 is 0 Å². The van der Waals surface area contributed by atoms with Crippen molar-refractivity contribution in [1.29, 1.82) is 0 Å². The van der Waals surface area contributed by atoms with E-state index in [4.69, 9.17) is 27.9 Å². The Hall–Kier alpha value is -1.66. The molecular formula is C15H17Cl2FN4O. The zero-order chi connectivity index (χ0) is 17.0. The molecule has 8 heteroatoms. The highest BCUT2D eigenvalue weighted by atomic mass is 35.5. The number of ether oxygens (including phenoxy) is 1. The van der Waals surface area contributed by atoms with Crippen molar-refractivity contribution in [2.45, 2.75) is 33.3 Å². The van der Waals surface area contributed by atoms with Crippen LogP contribution >= 0.6 is 23.2 Å². The van der Waals surface area contributed by atoms with Gasteiger partial charge in [-0.15, -0.1) is 0 Å². The molecule has 2 aromatic heterocycles. The second kappa shape index (κ2) is 7.75. The van der Waals surface area contributed by atoms with Gasteiger partial charge in [0.05, 0.1) is 17.3 Å². The predicted octanol–water partition coefficient (Wildman–Crippen LogP) is 4.07. The molecule has 0 spiro atoms. The molecular weight excluding hydrogens is 342 g/mol. The van der Waals surface area contributed by atoms with Crippen LogP contribution in [0, 0.1) is 12.7 Å². The van der Waals surface area contributed by atoms with Crippen molar-refractivity contribution >= 4 is 29.0 Å². The number of aryl methyl sites for hydroxylation is 2. The minimum atomic E-state index is -0.603. The van der Waals surface area contributed by atoms with Gasteiger partial charge in [-0.05, 0) is 26.3 Å². The Morgan fingerprint density at radius 1 is 1.35 bits per heavy atom. The van der Waals surface area contributed by atoms with Gasteiger partial charge in [-0.25, -0.2) is 19.3 Å². The van der Waals surface area contributed by atoms with Crippen molar-refractivity contribution in [3.8, 4) is 5.88 Å². The fraction of sp³-hybridized carbons (Fsp3) is 0.400. The van der Waals surface area contributed by atoms with E-state index >= 15 is 0 Å². The van der Waals surface area contributed by atoms with Crippen LogP contribution in [0.2, 0.25) is 10.0 Å². The summed E-state index contributed by atoms with van der Waals surface area (Å²) in [5.74, 6) is 0.472. The fourth-order valence-corrected chi connectivity index (χ4v) is 2.36. The molecule has 1 N–H and O–H groups in total. The number of pyridine rings is 1. The van der Waals surface area contributed by atoms with Crippen LogP contribution in [0.4, 0.5) is 10.2 Å². The SMILES string of the molecule is CCc1nc(C)nc(NCC(C)Oc2ncc(Cl)cc2F)c1Cl. The van der Waals surface area contributed by atoms with Crippen LogP contribution in [0.3, 0.4) is 0 Å². The normalized spacial score (nSPS) is 12.1. The predicted molar refractivity (Wildman–Crippen MR) is 88.9 cm³/mol. The van der Waals surface area contributed by atoms with Gasteiger partial charge in [0.15, 0.2) is 5.82 Å². The van der Waals surface area contributed by atoms with Gasteiger partial charge in [-0.2, -0.15) is 0 Å². The van der Waals surface area contributed by atoms with E-state index in [1.807, 2.05) is 6.92 Å². The molecule has 0 saturated heterocycles. The third-order valence-electron chi connectivity index (χ3n) is 3.01. The minimum absolute atomic E-state index is 0.0945. The Labute approximate surface area is 144 Å². The van der Waals surface area contributed by atoms with E-state index in [0.717, 1.165) is 11.8 Å². The summed E-state index contributed by atoms with van der Waals surface area (Å²) < 4.78 is 19.1. The molecule has 5 nitrogen and oxygen atoms in total. The van der Waals surface area contributed by atoms with E-state index in [1.54, 1.807) is 13.8 Å². The second-order valence-electron chi connectivity index (χ2n) is 4.98. The van der Waals surface area contributed by atoms with Gasteiger partial charge in [-0.1, -0.05) is 30.1 Å². The van der Waals surface area contributed by atoms with Gasteiger partial charge in [0.1, 0.15) is 22.8 Å². The van der Waals surface area contributed by atoms with E-state index in [9.17, 15) is 4.39 Å². The third kappa shape index (κ3) is 4.65. The Morgan fingerprint density at radius 3 is 2.74 bits per heavy atom. The molecule has 0 aromatic carbocycles. The van der Waals surface area contributed by atoms with Crippen LogP contribution in [-0.4, -0.2) is 27.6 Å². The molecule has 2 heterocycles. The van der Waals surface area contributed by atoms with Crippen molar-refractivity contribution < 1.29 is 9.13 Å². The second-order valence-corrected chi connectivity index (χ2v) is 5.80. The molecule has 0 amide bonds. The molecule has 0 aliphatic heterocycles. The molecule has 23 heavy (non-hydrogen) atoms. The summed E-state index contributed by atoms with van der Waals surface area (Å²) in [6, 6.07) is 1.15. The maximum absolute atomic E-state index is 13.7. The lowest BCUT2D eigenvalue weighted by molar-refractivity contribution is 0.214. The first kappa shape index (κ1) is 17.7. The number of nitrogens with one attached hydrogen (secondary N) is 1. The zero-order valence-electron chi connectivity index (χ0n) is 13.0. The number of anilines is 1. The van der Waals surface area contributed by atoms with Crippen LogP contribution in [0.1, 0.15) is 25.4 Å². The number of hydrogen-bond donors (Lipinski definition) is 1. The highest BCUT2D eigenvalue weighted by Crippen LogP contribution is 2.24. The van der Waals surface area contributed by atoms with Gasteiger partial charge in [0.25, 0.3) is 5.88 Å². The van der Waals surface area contributed by atoms with Crippen molar-refractivity contribution in [1.82, 2.24) is 15.0 Å². The fourth-order valence-electron chi connectivity index (χ4n) is 1.93. The van der Waals surface area contributed by atoms with Crippen LogP contribution in [0.25, 0.3) is 0 Å². The first-order valence-electron chi connectivity index (χ1n) is 7.15. The highest BCUT2D eigenvalue weighted by molar-refractivity contribution is 6.33. The summed E-state index contributed by atoms with van der Waals surface area (Å²) in [6.45, 7) is 5.93. The molecule has 2 aromatic rings. The van der Waals surface area contributed by atoms with E-state index in [1.165, 1.54) is 6.20 Å². The van der Waals surface area contributed by atoms with Crippen LogP contribution in [-0.2, 0) is 6.42 Å². The van der Waals surface area contributed by atoms with Crippen LogP contribution in [0.5, 0.6) is 5.88 Å². The molecule has 1 unspecified atom stereocenters. The Bertz CT molecular complexity index is 699. The number of rotatable bonds is 6. The summed E-state index contributed by atoms with van der Waals surface area (Å²) in [4.78, 5) is 12.4. The number of nitrogens with zero attached hydrogens (tertiary/aromatic N) is 3. The van der Waals surface area contributed by atoms with Gasteiger partial charge < -0.3 is 10.1 Å². The summed E-state index contributed by atoms with van der Waals surface area (Å²) >= 11 is 11.9. The summed E-state index contributed by atoms with van der Waals surface area (Å²) in [5, 5.41) is 3.80. The van der Waals surface area contributed by atoms with Crippen molar-refractivity contribution in [2.24, 2.45) is 0 Å². The molecule has 0 bridgehead atoms. The minimum Gasteiger partial charge on any atom is -0.471 e. The lowest BCUT2D eigenvalue weighted by Gasteiger charge is -2.16. The maximum atomic E-state index is 13.7. The topological polar surface area (TPSA) is 59.9 Å². The number of hydrogen-bond acceptors (Lipinski definition) is 5. The zero-order valence-corrected chi connectivity index (χ0v) is 14.5. The average Bonchev–Trinajstić information content (AvgIpc) is 2.50. The van der Waals surface area contributed by atoms with Crippen LogP contribution < -0.4 is 10.1 Å². The summed E-state index contributed by atoms with van der Waals surface area (Å²) in [5.41, 5.74) is 0.778. The quantitative estimate of drug-likeness (QED) is 0.843. The molecule has 0 fully saturated rings. The summed E-state index contributed by atoms with van der Waals surface area (Å²) in [6.07, 6.45) is 1.69. The average molecular weight is 359 g/mol. The monoisotopic (exact) mass is 358 g/mol. The van der Waals surface area contributed by atoms with Crippen molar-refractivity contribution in [3.05, 3.63) is 39.6 Å². The molecule has 124 valence electrons. The standard InChI is InChI=1S/C15H17Cl2FN4O/c1-4-12-13(17)14(22-9(3)21-12)19-6-8(2)23-15-11(18)5-10(16)7-20-15/h5,7-8H,4,6H2,1-3H3,(H,19,21,22). The van der Waals surface area contributed by atoms with E-state index in [-0.39, 0.29) is 17.0 Å². The lowest BCUT2D eigenvalue weighted by Crippen LogP contribution is -2.24. The van der Waals surface area contributed by atoms with Gasteiger partial charge in [0.2, 0.25) is 0 Å². The maximum Gasteiger partial charge on any atom is 0.250 e. The van der Waals surface area contributed by atoms with Crippen molar-refractivity contribution in [3.63, 3.8) is 0 Å². The molecule has 0 aliphatic rings. The first-order valence-corrected chi connectivity index (χ1v) is 7.90. The molecule has 1 atom stereocenters. The first-order chi connectivity index (χ1) is 10.9. The molecule has 0 aliphatic carbocycles. The molecule has 0 radical (unpaired) electrons. The largest absolute Gasteiger partial charge is 0.471 e. The van der Waals surface area contributed by atoms with E-state index in [0.29, 0.717) is 29.6 Å².